The van der Waals surface area contributed by atoms with Gasteiger partial charge in [-0.2, -0.15) is 0 Å². The molecule has 326 valence electrons. The minimum absolute atomic E-state index is 0.0287. The highest BCUT2D eigenvalue weighted by molar-refractivity contribution is 6.00. The van der Waals surface area contributed by atoms with Crippen LogP contribution in [0.2, 0.25) is 0 Å². The number of likely N-dealkylation sites (tertiary alicyclic amines) is 2. The Hall–Kier alpha value is -6.06. The normalized spacial score (nSPS) is 19.0. The smallest absolute Gasteiger partial charge is 0.317 e. The number of imide groups is 1. The molecule has 62 heavy (non-hydrogen) atoms. The van der Waals surface area contributed by atoms with Crippen LogP contribution in [0.15, 0.2) is 79.0 Å². The van der Waals surface area contributed by atoms with Gasteiger partial charge < -0.3 is 34.8 Å². The van der Waals surface area contributed by atoms with Crippen LogP contribution in [0.5, 0.6) is 5.75 Å². The van der Waals surface area contributed by atoms with Crippen LogP contribution in [0.3, 0.4) is 0 Å². The van der Waals surface area contributed by atoms with Crippen molar-refractivity contribution in [3.63, 3.8) is 0 Å². The summed E-state index contributed by atoms with van der Waals surface area (Å²) < 4.78 is 11.6. The van der Waals surface area contributed by atoms with Gasteiger partial charge in [-0.1, -0.05) is 18.2 Å². The topological polar surface area (TPSA) is 162 Å². The lowest BCUT2D eigenvalue weighted by molar-refractivity contribution is -0.138. The largest absolute Gasteiger partial charge is 0.481 e. The molecular weight excluding hydrogens is 787 g/mol. The molecule has 4 saturated heterocycles. The summed E-state index contributed by atoms with van der Waals surface area (Å²) in [7, 11) is 0. The maximum absolute atomic E-state index is 13.4. The number of aromatic nitrogens is 2. The van der Waals surface area contributed by atoms with Gasteiger partial charge in [-0.25, -0.2) is 14.8 Å². The number of hydrogen-bond donors (Lipinski definition) is 3. The molecule has 1 unspecified atom stereocenters. The first-order valence-corrected chi connectivity index (χ1v) is 21.9. The van der Waals surface area contributed by atoms with Gasteiger partial charge in [0.25, 0.3) is 11.8 Å². The monoisotopic (exact) mass is 843 g/mol. The number of piperazine rings is 1. The van der Waals surface area contributed by atoms with E-state index in [1.54, 1.807) is 35.4 Å². The van der Waals surface area contributed by atoms with Crippen LogP contribution >= 0.6 is 0 Å². The van der Waals surface area contributed by atoms with E-state index in [1.165, 1.54) is 5.69 Å². The van der Waals surface area contributed by atoms with Crippen LogP contribution in [0.1, 0.15) is 61.0 Å². The molecule has 0 spiro atoms. The Kier molecular flexibility index (Phi) is 13.3. The number of carbonyl (C=O) groups excluding carboxylic acids is 4. The fourth-order valence-corrected chi connectivity index (χ4v) is 8.58. The van der Waals surface area contributed by atoms with Crippen molar-refractivity contribution in [1.29, 1.82) is 0 Å². The number of hydrogen-bond acceptors (Lipinski definition) is 11. The molecule has 0 aliphatic carbocycles. The quantitative estimate of drug-likeness (QED) is 0.149. The number of carbonyl (C=O) groups is 4. The van der Waals surface area contributed by atoms with Crippen molar-refractivity contribution in [2.24, 2.45) is 5.92 Å². The van der Waals surface area contributed by atoms with Gasteiger partial charge in [0, 0.05) is 93.9 Å². The average molecular weight is 844 g/mol. The summed E-state index contributed by atoms with van der Waals surface area (Å²) in [6.45, 7) is 14.1. The van der Waals surface area contributed by atoms with E-state index in [2.05, 4.69) is 61.1 Å². The van der Waals surface area contributed by atoms with Crippen LogP contribution in [0.4, 0.5) is 22.1 Å². The predicted molar refractivity (Wildman–Crippen MR) is 236 cm³/mol. The second-order valence-electron chi connectivity index (χ2n) is 17.1. The van der Waals surface area contributed by atoms with E-state index in [4.69, 9.17) is 14.5 Å². The lowest BCUT2D eigenvalue weighted by atomic mass is 9.95. The first-order chi connectivity index (χ1) is 30.0. The number of aryl methyl sites for hydroxylation is 1. The second kappa shape index (κ2) is 19.3. The SMILES string of the molecule is Cc1cc(-c2ccnc(Nc3ccc(N4CCN(CC5CCN(C(=O)c6cccc(OC7CCC(=O)NC7=O)c6)CC5)CC4)cc3)n2)ccc1CNC(=O)N1CC(OC(C)C)C1. The molecule has 4 aliphatic heterocycles. The first kappa shape index (κ1) is 42.6. The molecule has 5 heterocycles. The van der Waals surface area contributed by atoms with Crippen LogP contribution in [-0.4, -0.2) is 126 Å². The standard InChI is InChI=1S/C47H57N9O6/c1-31(2)61-40-29-56(30-40)47(60)49-27-36-8-7-34(25-32(36)3)41-15-18-48-46(51-41)50-37-9-11-38(12-10-37)54-23-21-53(22-24-54)28-33-16-19-55(20-17-33)45(59)35-5-4-6-39(26-35)62-42-13-14-43(57)52-44(42)58/h4-12,15,18,25-26,31,33,40,42H,13-14,16-17,19-24,27-30H2,1-3H3,(H,49,60)(H,48,50,51)(H,52,57,58). The predicted octanol–water partition coefficient (Wildman–Crippen LogP) is 5.37. The lowest BCUT2D eigenvalue weighted by Crippen LogP contribution is -2.58. The molecule has 8 rings (SSSR count). The molecular formula is C47H57N9O6. The lowest BCUT2D eigenvalue weighted by Gasteiger charge is -2.39. The zero-order valence-electron chi connectivity index (χ0n) is 35.8. The van der Waals surface area contributed by atoms with Crippen molar-refractivity contribution in [1.82, 2.24) is 35.3 Å². The molecule has 15 heteroatoms. The number of rotatable bonds is 13. The molecule has 1 atom stereocenters. The molecule has 1 aromatic heterocycles. The molecule has 4 fully saturated rings. The average Bonchev–Trinajstić information content (AvgIpc) is 3.26. The van der Waals surface area contributed by atoms with Gasteiger partial charge in [0.2, 0.25) is 11.9 Å². The van der Waals surface area contributed by atoms with Crippen molar-refractivity contribution >= 4 is 41.1 Å². The number of ether oxygens (including phenoxy) is 2. The number of nitrogens with zero attached hydrogens (tertiary/aromatic N) is 6. The highest BCUT2D eigenvalue weighted by Gasteiger charge is 2.32. The zero-order chi connectivity index (χ0) is 43.2. The highest BCUT2D eigenvalue weighted by atomic mass is 16.5. The Bertz CT molecular complexity index is 2230. The summed E-state index contributed by atoms with van der Waals surface area (Å²) in [5, 5.41) is 8.71. The number of benzene rings is 3. The summed E-state index contributed by atoms with van der Waals surface area (Å²) in [4.78, 5) is 67.6. The number of anilines is 3. The first-order valence-electron chi connectivity index (χ1n) is 21.9. The molecule has 15 nitrogen and oxygen atoms in total. The van der Waals surface area contributed by atoms with Crippen molar-refractivity contribution in [2.45, 2.75) is 71.3 Å². The molecule has 0 radical (unpaired) electrons. The molecule has 0 bridgehead atoms. The third-order valence-corrected chi connectivity index (χ3v) is 12.2. The van der Waals surface area contributed by atoms with E-state index in [1.807, 2.05) is 43.9 Å². The van der Waals surface area contributed by atoms with Gasteiger partial charge in [-0.15, -0.1) is 0 Å². The van der Waals surface area contributed by atoms with Crippen LogP contribution in [-0.2, 0) is 20.9 Å². The van der Waals surface area contributed by atoms with E-state index in [0.29, 0.717) is 62.3 Å². The van der Waals surface area contributed by atoms with Crippen LogP contribution < -0.4 is 25.6 Å². The molecule has 3 aromatic carbocycles. The van der Waals surface area contributed by atoms with Gasteiger partial charge in [0.15, 0.2) is 6.10 Å². The van der Waals surface area contributed by atoms with E-state index in [-0.39, 0.29) is 36.5 Å². The third kappa shape index (κ3) is 10.7. The molecule has 3 N–H and O–H groups in total. The fraction of sp³-hybridized carbons (Fsp3) is 0.447. The summed E-state index contributed by atoms with van der Waals surface area (Å²) in [5.41, 5.74) is 6.56. The summed E-state index contributed by atoms with van der Waals surface area (Å²) in [6.07, 6.45) is 3.78. The van der Waals surface area contributed by atoms with Crippen LogP contribution in [0, 0.1) is 12.8 Å². The molecule has 5 amide bonds. The Labute approximate surface area is 363 Å². The fourth-order valence-electron chi connectivity index (χ4n) is 8.58. The van der Waals surface area contributed by atoms with E-state index in [0.717, 1.165) is 73.6 Å². The minimum Gasteiger partial charge on any atom is -0.481 e. The number of nitrogens with one attached hydrogen (secondary N) is 3. The number of urea groups is 1. The highest BCUT2D eigenvalue weighted by Crippen LogP contribution is 2.27. The van der Waals surface area contributed by atoms with Gasteiger partial charge in [-0.05, 0) is 105 Å². The Balaban J connectivity index is 0.755. The minimum atomic E-state index is -0.740. The Morgan fingerprint density at radius 1 is 0.887 bits per heavy atom. The number of amides is 5. The van der Waals surface area contributed by atoms with Gasteiger partial charge in [-0.3, -0.25) is 24.6 Å². The summed E-state index contributed by atoms with van der Waals surface area (Å²) in [6, 6.07) is 23.4. The van der Waals surface area contributed by atoms with Crippen molar-refractivity contribution in [3.05, 3.63) is 95.7 Å². The molecule has 4 aromatic rings. The van der Waals surface area contributed by atoms with E-state index >= 15 is 0 Å². The van der Waals surface area contributed by atoms with Gasteiger partial charge >= 0.3 is 6.03 Å². The second-order valence-corrected chi connectivity index (χ2v) is 17.1. The van der Waals surface area contributed by atoms with Crippen molar-refractivity contribution < 1.29 is 28.7 Å². The molecule has 0 saturated carbocycles. The number of piperidine rings is 2. The van der Waals surface area contributed by atoms with E-state index in [9.17, 15) is 19.2 Å². The van der Waals surface area contributed by atoms with Crippen molar-refractivity contribution in [3.8, 4) is 17.0 Å². The van der Waals surface area contributed by atoms with Gasteiger partial charge in [0.1, 0.15) is 5.75 Å². The Morgan fingerprint density at radius 2 is 1.66 bits per heavy atom. The van der Waals surface area contributed by atoms with E-state index < -0.39 is 12.0 Å². The molecule has 4 aliphatic rings. The maximum Gasteiger partial charge on any atom is 0.317 e. The van der Waals surface area contributed by atoms with Crippen molar-refractivity contribution in [2.75, 3.05) is 69.1 Å². The zero-order valence-corrected chi connectivity index (χ0v) is 35.8. The third-order valence-electron chi connectivity index (χ3n) is 12.2. The maximum atomic E-state index is 13.4. The van der Waals surface area contributed by atoms with Crippen LogP contribution in [0.25, 0.3) is 11.3 Å². The summed E-state index contributed by atoms with van der Waals surface area (Å²) >= 11 is 0. The summed E-state index contributed by atoms with van der Waals surface area (Å²) in [5.74, 6) is 0.750. The Morgan fingerprint density at radius 3 is 2.39 bits per heavy atom. The van der Waals surface area contributed by atoms with Gasteiger partial charge in [0.05, 0.1) is 31.0 Å².